The van der Waals surface area contributed by atoms with E-state index in [2.05, 4.69) is 19.4 Å². The fraction of sp³-hybridized carbons (Fsp3) is 0.208. The van der Waals surface area contributed by atoms with Crippen LogP contribution in [-0.4, -0.2) is 47.1 Å². The highest BCUT2D eigenvalue weighted by molar-refractivity contribution is 7.86. The van der Waals surface area contributed by atoms with Crippen molar-refractivity contribution in [2.45, 2.75) is 18.7 Å². The van der Waals surface area contributed by atoms with Crippen LogP contribution in [0.15, 0.2) is 81.1 Å². The minimum absolute atomic E-state index is 0.1000. The first kappa shape index (κ1) is 34.5. The molecule has 0 aliphatic rings. The normalized spacial score (nSPS) is 11.4. The molecule has 0 aliphatic carbocycles. The molecule has 18 heteroatoms. The van der Waals surface area contributed by atoms with Crippen LogP contribution in [0.1, 0.15) is 22.8 Å². The predicted molar refractivity (Wildman–Crippen MR) is 153 cm³/mol. The van der Waals surface area contributed by atoms with Gasteiger partial charge in [-0.25, -0.2) is 9.08 Å². The number of halogens is 3. The highest BCUT2D eigenvalue weighted by atomic mass is 35.5. The second-order valence-corrected chi connectivity index (χ2v) is 11.1. The van der Waals surface area contributed by atoms with Crippen LogP contribution in [0.5, 0.6) is 0 Å². The number of ether oxygens (including phenoxy) is 1. The fourth-order valence-electron chi connectivity index (χ4n) is 3.25. The van der Waals surface area contributed by atoms with Crippen molar-refractivity contribution in [3.05, 3.63) is 86.7 Å². The Morgan fingerprint density at radius 2 is 1.62 bits per heavy atom. The van der Waals surface area contributed by atoms with E-state index in [1.807, 2.05) is 32.0 Å². The molecule has 0 aliphatic heterocycles. The summed E-state index contributed by atoms with van der Waals surface area (Å²) in [5.41, 5.74) is 2.88. The van der Waals surface area contributed by atoms with Crippen molar-refractivity contribution in [1.82, 2.24) is 0 Å². The molecule has 0 amide bonds. The van der Waals surface area contributed by atoms with Gasteiger partial charge in [0.2, 0.25) is 0 Å². The van der Waals surface area contributed by atoms with Gasteiger partial charge in [-0.15, -0.1) is 13.9 Å². The molecule has 0 radical (unpaired) electrons. The Kier molecular flexibility index (Phi) is 12.7. The molecule has 3 rings (SSSR count). The van der Waals surface area contributed by atoms with Crippen LogP contribution in [0.2, 0.25) is 10.0 Å². The quantitative estimate of drug-likeness (QED) is 0.0589. The largest absolute Gasteiger partial charge is 0.468 e. The number of esters is 1. The zero-order valence-corrected chi connectivity index (χ0v) is 25.0. The lowest BCUT2D eigenvalue weighted by Gasteiger charge is -2.23. The maximum absolute atomic E-state index is 13.3. The lowest BCUT2D eigenvalue weighted by molar-refractivity contribution is 0.0515. The summed E-state index contributed by atoms with van der Waals surface area (Å²) in [5.74, 6) is -0.371. The van der Waals surface area contributed by atoms with Crippen LogP contribution < -0.4 is 4.90 Å². The molecule has 1 N–H and O–H groups in total. The minimum Gasteiger partial charge on any atom is -0.460 e. The molecular formula is C24H23Cl2FN4O9S2. The number of hydrogen-bond donors (Lipinski definition) is 1. The van der Waals surface area contributed by atoms with E-state index in [0.29, 0.717) is 24.3 Å². The highest BCUT2D eigenvalue weighted by Crippen LogP contribution is 2.36. The number of benzene rings is 3. The summed E-state index contributed by atoms with van der Waals surface area (Å²) < 4.78 is 69.7. The van der Waals surface area contributed by atoms with Gasteiger partial charge in [-0.1, -0.05) is 41.4 Å². The van der Waals surface area contributed by atoms with Crippen molar-refractivity contribution in [3.63, 3.8) is 0 Å². The van der Waals surface area contributed by atoms with Crippen LogP contribution in [-0.2, 0) is 29.6 Å². The van der Waals surface area contributed by atoms with Gasteiger partial charge in [0.15, 0.2) is 5.34 Å². The molecular weight excluding hydrogens is 642 g/mol. The van der Waals surface area contributed by atoms with Gasteiger partial charge in [-0.05, 0) is 61.9 Å². The van der Waals surface area contributed by atoms with Crippen molar-refractivity contribution in [1.29, 1.82) is 0 Å². The highest BCUT2D eigenvalue weighted by Gasteiger charge is 2.19. The Bertz CT molecular complexity index is 1660. The summed E-state index contributed by atoms with van der Waals surface area (Å²) in [4.78, 5) is 22.3. The summed E-state index contributed by atoms with van der Waals surface area (Å²) >= 11 is 11.9. The third-order valence-corrected chi connectivity index (χ3v) is 7.03. The van der Waals surface area contributed by atoms with Crippen LogP contribution in [0.3, 0.4) is 0 Å². The first-order chi connectivity index (χ1) is 19.7. The lowest BCUT2D eigenvalue weighted by atomic mass is 10.1. The van der Waals surface area contributed by atoms with Crippen LogP contribution in [0, 0.1) is 11.8 Å². The van der Waals surface area contributed by atoms with E-state index in [9.17, 15) is 25.5 Å². The Morgan fingerprint density at radius 3 is 2.14 bits per heavy atom. The van der Waals surface area contributed by atoms with Crippen LogP contribution in [0.4, 0.5) is 20.9 Å². The van der Waals surface area contributed by atoms with Crippen LogP contribution in [0.25, 0.3) is 0 Å². The van der Waals surface area contributed by atoms with E-state index in [1.165, 1.54) is 5.34 Å². The van der Waals surface area contributed by atoms with E-state index in [4.69, 9.17) is 37.4 Å². The molecule has 0 heterocycles. The number of rotatable bonds is 11. The summed E-state index contributed by atoms with van der Waals surface area (Å²) in [5, 5.41) is 9.17. The maximum Gasteiger partial charge on any atom is 0.468 e. The third-order valence-electron chi connectivity index (χ3n) is 5.19. The average Bonchev–Trinajstić information content (AvgIpc) is 2.91. The Morgan fingerprint density at radius 1 is 0.976 bits per heavy atom. The predicted octanol–water partition coefficient (Wildman–Crippen LogP) is 6.55. The van der Waals surface area contributed by atoms with E-state index >= 15 is 0 Å². The minimum atomic E-state index is -5.01. The average molecular weight is 666 g/mol. The molecule has 0 saturated heterocycles. The smallest absolute Gasteiger partial charge is 0.460 e. The Balaban J connectivity index is 0.000000782. The molecule has 42 heavy (non-hydrogen) atoms. The number of nitrogens with zero attached hydrogens (tertiary/aromatic N) is 4. The maximum atomic E-state index is 13.3. The summed E-state index contributed by atoms with van der Waals surface area (Å²) in [7, 11) is -9.66. The van der Waals surface area contributed by atoms with Gasteiger partial charge in [0.25, 0.3) is 0 Å². The number of carbonyl (C=O) groups is 1. The van der Waals surface area contributed by atoms with Gasteiger partial charge < -0.3 is 9.64 Å². The number of anilines is 1. The molecule has 0 fully saturated rings. The second-order valence-electron chi connectivity index (χ2n) is 8.00. The summed E-state index contributed by atoms with van der Waals surface area (Å²) in [6, 6.07) is 16.4. The standard InChI is InChI=1S/C24H22Cl2FN3O4S.HNO5S/c1-3-30(11-12-34-24(31)17-7-5-4-6-8-17)18-9-10-21(16(2)13-18)28-29-22-14-20(26)23(15-19(22)25)35(27,32)33;2-1-6-7(3,4)5/h4-10,13-15H,3,11-12H2,1-2H3;(H,3,4,5). The molecule has 0 spiro atoms. The Hall–Kier alpha value is -3.70. The van der Waals surface area contributed by atoms with E-state index in [1.54, 1.807) is 30.3 Å². The van der Waals surface area contributed by atoms with Gasteiger partial charge in [-0.2, -0.15) is 21.9 Å². The SMILES string of the molecule is CCN(CCOC(=O)c1ccccc1)c1ccc(N=Nc2cc(Cl)c(S(=O)(=O)F)cc2Cl)c(C)c1.O=NOS(=O)(=O)O. The zero-order chi connectivity index (χ0) is 31.5. The van der Waals surface area contributed by atoms with Crippen molar-refractivity contribution in [2.24, 2.45) is 15.6 Å². The molecule has 0 unspecified atom stereocenters. The van der Waals surface area contributed by atoms with E-state index < -0.39 is 25.5 Å². The summed E-state index contributed by atoms with van der Waals surface area (Å²) in [6.45, 7) is 5.28. The van der Waals surface area contributed by atoms with Crippen molar-refractivity contribution >= 4 is 66.9 Å². The van der Waals surface area contributed by atoms with Gasteiger partial charge in [-0.3, -0.25) is 4.55 Å². The Labute approximate surface area is 251 Å². The molecule has 0 aromatic heterocycles. The van der Waals surface area contributed by atoms with Gasteiger partial charge in [0.05, 0.1) is 27.8 Å². The molecule has 0 saturated carbocycles. The molecule has 0 atom stereocenters. The van der Waals surface area contributed by atoms with E-state index in [0.717, 1.165) is 23.4 Å². The number of aryl methyl sites for hydroxylation is 1. The van der Waals surface area contributed by atoms with Crippen molar-refractivity contribution in [3.8, 4) is 0 Å². The fourth-order valence-corrected chi connectivity index (χ4v) is 4.58. The van der Waals surface area contributed by atoms with E-state index in [-0.39, 0.29) is 28.3 Å². The number of azo groups is 1. The van der Waals surface area contributed by atoms with Gasteiger partial charge in [0.1, 0.15) is 17.2 Å². The van der Waals surface area contributed by atoms with Crippen molar-refractivity contribution < 1.29 is 39.1 Å². The van der Waals surface area contributed by atoms with Gasteiger partial charge >= 0.3 is 26.6 Å². The van der Waals surface area contributed by atoms with Crippen LogP contribution >= 0.6 is 23.2 Å². The van der Waals surface area contributed by atoms with Gasteiger partial charge in [0, 0.05) is 12.2 Å². The molecule has 13 nitrogen and oxygen atoms in total. The zero-order valence-electron chi connectivity index (χ0n) is 21.8. The molecule has 3 aromatic rings. The third kappa shape index (κ3) is 10.9. The number of hydrogen-bond acceptors (Lipinski definition) is 12. The first-order valence-electron chi connectivity index (χ1n) is 11.6. The second kappa shape index (κ2) is 15.5. The summed E-state index contributed by atoms with van der Waals surface area (Å²) in [6.07, 6.45) is 0. The first-order valence-corrected chi connectivity index (χ1v) is 15.1. The number of likely N-dealkylation sites (N-methyl/N-ethyl adjacent to an activating group) is 1. The topological polar surface area (TPSA) is 181 Å². The molecule has 3 aromatic carbocycles. The van der Waals surface area contributed by atoms with Crippen molar-refractivity contribution in [2.75, 3.05) is 24.6 Å². The molecule has 226 valence electrons. The monoisotopic (exact) mass is 664 g/mol. The lowest BCUT2D eigenvalue weighted by Crippen LogP contribution is -2.28. The number of carbonyl (C=O) groups excluding carboxylic acids is 1. The molecule has 0 bridgehead atoms.